The van der Waals surface area contributed by atoms with Gasteiger partial charge in [-0.05, 0) is 61.1 Å². The largest absolute Gasteiger partial charge is 0.497 e. The topological polar surface area (TPSA) is 70.7 Å². The van der Waals surface area contributed by atoms with Crippen LogP contribution < -0.4 is 20.3 Å². The number of rotatable bonds is 8. The summed E-state index contributed by atoms with van der Waals surface area (Å²) in [4.78, 5) is 26.2. The summed E-state index contributed by atoms with van der Waals surface area (Å²) in [6.45, 7) is 3.07. The number of hydrogen-bond donors (Lipinski definition) is 2. The molecule has 0 aliphatic carbocycles. The fourth-order valence-electron chi connectivity index (χ4n) is 3.43. The molecule has 2 aromatic rings. The maximum absolute atomic E-state index is 11.9. The molecule has 2 aromatic carbocycles. The Balaban J connectivity index is 1.33. The number of aryl methyl sites for hydroxylation is 1. The zero-order valence-corrected chi connectivity index (χ0v) is 16.9. The summed E-state index contributed by atoms with van der Waals surface area (Å²) >= 11 is 0. The highest BCUT2D eigenvalue weighted by atomic mass is 16.5. The van der Waals surface area contributed by atoms with Gasteiger partial charge in [0.05, 0.1) is 7.11 Å². The summed E-state index contributed by atoms with van der Waals surface area (Å²) in [7, 11) is 1.60. The molecule has 2 N–H and O–H groups in total. The summed E-state index contributed by atoms with van der Waals surface area (Å²) in [6.07, 6.45) is 4.21. The van der Waals surface area contributed by atoms with Crippen LogP contribution in [0.1, 0.15) is 30.4 Å². The van der Waals surface area contributed by atoms with E-state index >= 15 is 0 Å². The number of anilines is 1. The highest BCUT2D eigenvalue weighted by Crippen LogP contribution is 2.20. The number of benzene rings is 2. The first kappa shape index (κ1) is 20.7. The van der Waals surface area contributed by atoms with Crippen LogP contribution in [0.15, 0.2) is 48.5 Å². The van der Waals surface area contributed by atoms with Crippen LogP contribution in [0.5, 0.6) is 5.75 Å². The van der Waals surface area contributed by atoms with E-state index in [4.69, 9.17) is 4.74 Å². The molecule has 1 fully saturated rings. The number of ether oxygens (including phenoxy) is 1. The Kier molecular flexibility index (Phi) is 7.50. The third-order valence-corrected chi connectivity index (χ3v) is 5.15. The van der Waals surface area contributed by atoms with Gasteiger partial charge in [-0.3, -0.25) is 9.59 Å². The Morgan fingerprint density at radius 2 is 1.52 bits per heavy atom. The van der Waals surface area contributed by atoms with E-state index in [1.54, 1.807) is 7.11 Å². The van der Waals surface area contributed by atoms with Crippen LogP contribution >= 0.6 is 0 Å². The highest BCUT2D eigenvalue weighted by Gasteiger charge is 2.13. The molecule has 29 heavy (non-hydrogen) atoms. The smallest absolute Gasteiger partial charge is 0.309 e. The van der Waals surface area contributed by atoms with Crippen molar-refractivity contribution in [2.45, 2.75) is 32.2 Å². The van der Waals surface area contributed by atoms with E-state index in [9.17, 15) is 9.59 Å². The molecule has 6 nitrogen and oxygen atoms in total. The van der Waals surface area contributed by atoms with Crippen LogP contribution in [0.4, 0.5) is 5.69 Å². The normalized spacial score (nSPS) is 13.2. The average molecular weight is 396 g/mol. The predicted molar refractivity (Wildman–Crippen MR) is 114 cm³/mol. The molecule has 1 aliphatic heterocycles. The fraction of sp³-hybridized carbons (Fsp3) is 0.391. The minimum absolute atomic E-state index is 0.305. The molecule has 0 spiro atoms. The van der Waals surface area contributed by atoms with E-state index in [1.807, 2.05) is 24.3 Å². The SMILES string of the molecule is COc1ccc(CNC(=O)C(=O)NCCCc2ccc(N3CCCC3)cc2)cc1. The van der Waals surface area contributed by atoms with Crippen molar-refractivity contribution in [1.29, 1.82) is 0 Å². The van der Waals surface area contributed by atoms with Crippen LogP contribution in [-0.4, -0.2) is 38.6 Å². The molecule has 6 heteroatoms. The molecule has 1 saturated heterocycles. The molecular formula is C23H29N3O3. The number of methoxy groups -OCH3 is 1. The summed E-state index contributed by atoms with van der Waals surface area (Å²) in [6, 6.07) is 16.0. The molecule has 0 bridgehead atoms. The number of carbonyl (C=O) groups excluding carboxylic acids is 2. The number of amides is 2. The van der Waals surface area contributed by atoms with Gasteiger partial charge in [-0.15, -0.1) is 0 Å². The van der Waals surface area contributed by atoms with Gasteiger partial charge < -0.3 is 20.3 Å². The minimum Gasteiger partial charge on any atom is -0.497 e. The number of carbonyl (C=O) groups is 2. The van der Waals surface area contributed by atoms with Gasteiger partial charge in [-0.2, -0.15) is 0 Å². The van der Waals surface area contributed by atoms with Gasteiger partial charge in [0, 0.05) is 31.9 Å². The van der Waals surface area contributed by atoms with Crippen molar-refractivity contribution in [2.75, 3.05) is 31.6 Å². The Hall–Kier alpha value is -3.02. The third kappa shape index (κ3) is 6.24. The molecule has 0 saturated carbocycles. The minimum atomic E-state index is -0.615. The molecule has 0 radical (unpaired) electrons. The predicted octanol–water partition coefficient (Wildman–Crippen LogP) is 2.66. The van der Waals surface area contributed by atoms with E-state index < -0.39 is 11.8 Å². The van der Waals surface area contributed by atoms with Gasteiger partial charge >= 0.3 is 11.8 Å². The van der Waals surface area contributed by atoms with Gasteiger partial charge in [-0.1, -0.05) is 24.3 Å². The first-order valence-electron chi connectivity index (χ1n) is 10.2. The maximum atomic E-state index is 11.9. The van der Waals surface area contributed by atoms with E-state index in [-0.39, 0.29) is 0 Å². The Morgan fingerprint density at radius 1 is 0.897 bits per heavy atom. The first-order chi connectivity index (χ1) is 14.2. The van der Waals surface area contributed by atoms with Crippen LogP contribution in [0, 0.1) is 0 Å². The van der Waals surface area contributed by atoms with E-state index in [1.165, 1.54) is 24.1 Å². The standard InChI is InChI=1S/C23H29N3O3/c1-29-21-12-8-19(9-13-21)17-25-23(28)22(27)24-14-4-5-18-6-10-20(11-7-18)26-15-2-3-16-26/h6-13H,2-5,14-17H2,1H3,(H,24,27)(H,25,28). The van der Waals surface area contributed by atoms with Crippen molar-refractivity contribution in [3.05, 3.63) is 59.7 Å². The second kappa shape index (κ2) is 10.5. The molecule has 0 atom stereocenters. The lowest BCUT2D eigenvalue weighted by Gasteiger charge is -2.17. The lowest BCUT2D eigenvalue weighted by molar-refractivity contribution is -0.139. The highest BCUT2D eigenvalue weighted by molar-refractivity contribution is 6.35. The van der Waals surface area contributed by atoms with Crippen molar-refractivity contribution in [2.24, 2.45) is 0 Å². The number of hydrogen-bond acceptors (Lipinski definition) is 4. The quantitative estimate of drug-likeness (QED) is 0.533. The van der Waals surface area contributed by atoms with E-state index in [0.29, 0.717) is 13.1 Å². The Bertz CT molecular complexity index is 797. The second-order valence-corrected chi connectivity index (χ2v) is 7.25. The molecule has 154 valence electrons. The van der Waals surface area contributed by atoms with Gasteiger partial charge in [0.15, 0.2) is 0 Å². The van der Waals surface area contributed by atoms with E-state index in [2.05, 4.69) is 39.8 Å². The molecule has 1 heterocycles. The Labute approximate surface area is 172 Å². The average Bonchev–Trinajstić information content (AvgIpc) is 3.30. The van der Waals surface area contributed by atoms with Gasteiger partial charge in [-0.25, -0.2) is 0 Å². The maximum Gasteiger partial charge on any atom is 0.309 e. The van der Waals surface area contributed by atoms with Crippen molar-refractivity contribution >= 4 is 17.5 Å². The van der Waals surface area contributed by atoms with Crippen molar-refractivity contribution in [3.8, 4) is 5.75 Å². The molecule has 0 unspecified atom stereocenters. The van der Waals surface area contributed by atoms with Crippen LogP contribution in [0.3, 0.4) is 0 Å². The zero-order valence-electron chi connectivity index (χ0n) is 16.9. The number of nitrogens with one attached hydrogen (secondary N) is 2. The van der Waals surface area contributed by atoms with Crippen molar-refractivity contribution in [3.63, 3.8) is 0 Å². The second-order valence-electron chi connectivity index (χ2n) is 7.25. The van der Waals surface area contributed by atoms with Gasteiger partial charge in [0.2, 0.25) is 0 Å². The van der Waals surface area contributed by atoms with Gasteiger partial charge in [0.25, 0.3) is 0 Å². The number of nitrogens with zero attached hydrogens (tertiary/aromatic N) is 1. The van der Waals surface area contributed by atoms with Crippen LogP contribution in [-0.2, 0) is 22.6 Å². The van der Waals surface area contributed by atoms with E-state index in [0.717, 1.165) is 37.2 Å². The molecule has 2 amide bonds. The molecular weight excluding hydrogens is 366 g/mol. The van der Waals surface area contributed by atoms with Crippen molar-refractivity contribution in [1.82, 2.24) is 10.6 Å². The summed E-state index contributed by atoms with van der Waals surface area (Å²) in [5, 5.41) is 5.32. The molecule has 0 aromatic heterocycles. The monoisotopic (exact) mass is 395 g/mol. The first-order valence-corrected chi connectivity index (χ1v) is 10.2. The summed E-state index contributed by atoms with van der Waals surface area (Å²) < 4.78 is 5.10. The molecule has 1 aliphatic rings. The molecule has 3 rings (SSSR count). The lowest BCUT2D eigenvalue weighted by Crippen LogP contribution is -2.40. The summed E-state index contributed by atoms with van der Waals surface area (Å²) in [5.74, 6) is -0.456. The zero-order chi connectivity index (χ0) is 20.5. The van der Waals surface area contributed by atoms with Gasteiger partial charge in [0.1, 0.15) is 5.75 Å². The Morgan fingerprint density at radius 3 is 2.17 bits per heavy atom. The third-order valence-electron chi connectivity index (χ3n) is 5.15. The van der Waals surface area contributed by atoms with Crippen LogP contribution in [0.25, 0.3) is 0 Å². The van der Waals surface area contributed by atoms with Crippen molar-refractivity contribution < 1.29 is 14.3 Å². The lowest BCUT2D eigenvalue weighted by atomic mass is 10.1. The van der Waals surface area contributed by atoms with Crippen LogP contribution in [0.2, 0.25) is 0 Å². The fourth-order valence-corrected chi connectivity index (χ4v) is 3.43. The summed E-state index contributed by atoms with van der Waals surface area (Å²) in [5.41, 5.74) is 3.43.